The van der Waals surface area contributed by atoms with Crippen molar-refractivity contribution < 1.29 is 47.6 Å². The van der Waals surface area contributed by atoms with Crippen molar-refractivity contribution in [3.8, 4) is 0 Å². The largest absolute Gasteiger partial charge is 0.459 e. The van der Waals surface area contributed by atoms with Crippen LogP contribution < -0.4 is 0 Å². The summed E-state index contributed by atoms with van der Waals surface area (Å²) in [6.45, 7) is 0.486. The number of rotatable bonds is 9. The Morgan fingerprint density at radius 3 is 1.56 bits per heavy atom. The van der Waals surface area contributed by atoms with E-state index in [1.807, 2.05) is 0 Å². The summed E-state index contributed by atoms with van der Waals surface area (Å²) in [6.07, 6.45) is -8.05. The Morgan fingerprint density at radius 2 is 1.11 bits per heavy atom. The molecule has 0 spiro atoms. The summed E-state index contributed by atoms with van der Waals surface area (Å²) in [4.78, 5) is 51.7. The summed E-state index contributed by atoms with van der Waals surface area (Å²) in [6, 6.07) is 23.7. The lowest BCUT2D eigenvalue weighted by molar-refractivity contribution is -0.284. The smallest absolute Gasteiger partial charge is 0.338 e. The average Bonchev–Trinajstić information content (AvgIpc) is 3.03. The zero-order valence-electron chi connectivity index (χ0n) is 23.5. The van der Waals surface area contributed by atoms with E-state index in [4.69, 9.17) is 68.6 Å². The van der Waals surface area contributed by atoms with Crippen molar-refractivity contribution in [2.45, 2.75) is 41.4 Å². The van der Waals surface area contributed by atoms with Gasteiger partial charge in [-0.15, -0.1) is 0 Å². The lowest BCUT2D eigenvalue weighted by Gasteiger charge is -2.44. The van der Waals surface area contributed by atoms with Crippen molar-refractivity contribution in [3.05, 3.63) is 108 Å². The van der Waals surface area contributed by atoms with Gasteiger partial charge >= 0.3 is 23.9 Å². The van der Waals surface area contributed by atoms with Gasteiger partial charge in [-0.05, 0) is 36.4 Å². The van der Waals surface area contributed by atoms with Gasteiger partial charge in [0, 0.05) is 6.92 Å². The normalized spacial score (nSPS) is 21.1. The Labute approximate surface area is 272 Å². The molecule has 0 amide bonds. The maximum absolute atomic E-state index is 13.3. The SMILES string of the molecule is CC(=O)O[C@H]1[C@@H](OC(=N)C(Cl)(Cl)Cl)O[C@H](COC(=O)c2ccccc2)[C@@H](OC(=O)c2ccccc2)[C@@H]1OC(=O)c1ccccc1. The van der Waals surface area contributed by atoms with Crippen LogP contribution in [0.5, 0.6) is 0 Å². The molecule has 0 aromatic heterocycles. The molecule has 1 heterocycles. The molecule has 3 aromatic carbocycles. The highest BCUT2D eigenvalue weighted by atomic mass is 35.6. The van der Waals surface area contributed by atoms with Crippen LogP contribution in [0, 0.1) is 5.41 Å². The number of benzene rings is 3. The topological polar surface area (TPSA) is 148 Å². The third-order valence-corrected chi connectivity index (χ3v) is 6.79. The lowest BCUT2D eigenvalue weighted by atomic mass is 9.97. The molecule has 3 aromatic rings. The van der Waals surface area contributed by atoms with Gasteiger partial charge < -0.3 is 28.4 Å². The molecule has 1 saturated heterocycles. The average molecular weight is 679 g/mol. The van der Waals surface area contributed by atoms with Crippen LogP contribution in [0.1, 0.15) is 38.0 Å². The second-order valence-corrected chi connectivity index (χ2v) is 11.8. The molecule has 45 heavy (non-hydrogen) atoms. The van der Waals surface area contributed by atoms with Crippen LogP contribution in [0.25, 0.3) is 0 Å². The van der Waals surface area contributed by atoms with E-state index in [1.54, 1.807) is 54.6 Å². The molecule has 1 aliphatic heterocycles. The minimum absolute atomic E-state index is 0.109. The predicted octanol–water partition coefficient (Wildman–Crippen LogP) is 5.32. The molecule has 4 rings (SSSR count). The minimum atomic E-state index is -2.37. The van der Waals surface area contributed by atoms with E-state index in [1.165, 1.54) is 36.4 Å². The third kappa shape index (κ3) is 9.18. The number of nitrogens with one attached hydrogen (secondary N) is 1. The molecule has 11 nitrogen and oxygen atoms in total. The van der Waals surface area contributed by atoms with Gasteiger partial charge in [0.15, 0.2) is 12.2 Å². The van der Waals surface area contributed by atoms with Crippen LogP contribution in [-0.4, -0.2) is 70.9 Å². The maximum Gasteiger partial charge on any atom is 0.338 e. The Balaban J connectivity index is 1.75. The van der Waals surface area contributed by atoms with Crippen molar-refractivity contribution in [2.24, 2.45) is 0 Å². The molecule has 14 heteroatoms. The van der Waals surface area contributed by atoms with Gasteiger partial charge in [-0.2, -0.15) is 0 Å². The number of alkyl halides is 3. The number of carbonyl (C=O) groups is 4. The quantitative estimate of drug-likeness (QED) is 0.104. The second-order valence-electron chi connectivity index (χ2n) is 9.50. The van der Waals surface area contributed by atoms with Crippen molar-refractivity contribution in [3.63, 3.8) is 0 Å². The Kier molecular flexibility index (Phi) is 11.4. The molecule has 1 N–H and O–H groups in total. The lowest BCUT2D eigenvalue weighted by Crippen LogP contribution is -2.63. The summed E-state index contributed by atoms with van der Waals surface area (Å²) in [5.74, 6) is -4.31. The predicted molar refractivity (Wildman–Crippen MR) is 161 cm³/mol. The van der Waals surface area contributed by atoms with Crippen LogP contribution in [-0.2, 0) is 33.2 Å². The van der Waals surface area contributed by atoms with Gasteiger partial charge in [-0.3, -0.25) is 10.2 Å². The number of hydrogen-bond acceptors (Lipinski definition) is 11. The Hall–Kier alpha value is -4.16. The fourth-order valence-electron chi connectivity index (χ4n) is 4.23. The first-order valence-corrected chi connectivity index (χ1v) is 14.5. The molecule has 1 aliphatic rings. The molecule has 0 aliphatic carbocycles. The van der Waals surface area contributed by atoms with Crippen molar-refractivity contribution >= 4 is 64.6 Å². The van der Waals surface area contributed by atoms with E-state index in [0.717, 1.165) is 6.92 Å². The molecule has 5 atom stereocenters. The zero-order valence-corrected chi connectivity index (χ0v) is 25.7. The number of ether oxygens (including phenoxy) is 6. The molecule has 0 bridgehead atoms. The molecule has 236 valence electrons. The first-order valence-electron chi connectivity index (χ1n) is 13.3. The third-order valence-electron chi connectivity index (χ3n) is 6.28. The number of hydrogen-bond donors (Lipinski definition) is 1. The number of halogens is 3. The van der Waals surface area contributed by atoms with E-state index >= 15 is 0 Å². The van der Waals surface area contributed by atoms with Gasteiger partial charge in [0.1, 0.15) is 12.7 Å². The highest BCUT2D eigenvalue weighted by molar-refractivity contribution is 6.76. The van der Waals surface area contributed by atoms with E-state index in [9.17, 15) is 19.2 Å². The Bertz CT molecular complexity index is 1500. The standard InChI is InChI=1S/C31H26Cl3NO10/c1-18(36)41-25-24(44-28(39)21-15-9-4-10-16-21)23(43-27(38)20-13-7-3-8-14-20)22(42-29(25)45-30(35)31(32,33)34)17-40-26(37)19-11-5-2-6-12-19/h2-16,22-25,29,35H,17H2,1H3/t22-,23-,24+,25-,29-/m1/s1. The van der Waals surface area contributed by atoms with Crippen LogP contribution >= 0.6 is 34.8 Å². The monoisotopic (exact) mass is 677 g/mol. The zero-order chi connectivity index (χ0) is 32.6. The molecule has 0 unspecified atom stereocenters. The second kappa shape index (κ2) is 15.2. The van der Waals surface area contributed by atoms with Crippen molar-refractivity contribution in [1.29, 1.82) is 5.41 Å². The summed E-state index contributed by atoms with van der Waals surface area (Å²) in [7, 11) is 0. The highest BCUT2D eigenvalue weighted by Gasteiger charge is 2.55. The van der Waals surface area contributed by atoms with Crippen molar-refractivity contribution in [2.75, 3.05) is 6.61 Å². The van der Waals surface area contributed by atoms with E-state index < -0.39 is 70.9 Å². The number of esters is 4. The summed E-state index contributed by atoms with van der Waals surface area (Å²) >= 11 is 17.5. The maximum atomic E-state index is 13.3. The van der Waals surface area contributed by atoms with Crippen LogP contribution in [0.3, 0.4) is 0 Å². The molecular formula is C31H26Cl3NO10. The van der Waals surface area contributed by atoms with Gasteiger partial charge in [0.25, 0.3) is 3.79 Å². The fourth-order valence-corrected chi connectivity index (χ4v) is 4.36. The van der Waals surface area contributed by atoms with E-state index in [-0.39, 0.29) is 16.7 Å². The first-order chi connectivity index (χ1) is 21.4. The van der Waals surface area contributed by atoms with E-state index in [0.29, 0.717) is 0 Å². The van der Waals surface area contributed by atoms with Gasteiger partial charge in [0.05, 0.1) is 16.7 Å². The minimum Gasteiger partial charge on any atom is -0.459 e. The Morgan fingerprint density at radius 1 is 0.667 bits per heavy atom. The van der Waals surface area contributed by atoms with Crippen LogP contribution in [0.4, 0.5) is 0 Å². The van der Waals surface area contributed by atoms with Gasteiger partial charge in [-0.1, -0.05) is 89.4 Å². The highest BCUT2D eigenvalue weighted by Crippen LogP contribution is 2.34. The van der Waals surface area contributed by atoms with Crippen LogP contribution in [0.15, 0.2) is 91.0 Å². The summed E-state index contributed by atoms with van der Waals surface area (Å²) in [5.41, 5.74) is 0.449. The fraction of sp³-hybridized carbons (Fsp3) is 0.258. The van der Waals surface area contributed by atoms with Crippen LogP contribution in [0.2, 0.25) is 0 Å². The summed E-state index contributed by atoms with van der Waals surface area (Å²) < 4.78 is 31.6. The number of carbonyl (C=O) groups excluding carboxylic acids is 4. The first kappa shape index (κ1) is 33.7. The van der Waals surface area contributed by atoms with Crippen molar-refractivity contribution in [1.82, 2.24) is 0 Å². The molecule has 0 saturated carbocycles. The van der Waals surface area contributed by atoms with Gasteiger partial charge in [-0.25, -0.2) is 14.4 Å². The van der Waals surface area contributed by atoms with Gasteiger partial charge in [0.2, 0.25) is 18.3 Å². The van der Waals surface area contributed by atoms with E-state index in [2.05, 4.69) is 0 Å². The summed E-state index contributed by atoms with van der Waals surface area (Å²) in [5, 5.41) is 8.10. The molecule has 0 radical (unpaired) electrons. The molecular weight excluding hydrogens is 653 g/mol. The molecule has 1 fully saturated rings.